The lowest BCUT2D eigenvalue weighted by Gasteiger charge is -2.22. The van der Waals surface area contributed by atoms with E-state index in [9.17, 15) is 4.79 Å². The highest BCUT2D eigenvalue weighted by Crippen LogP contribution is 2.35. The van der Waals surface area contributed by atoms with Crippen molar-refractivity contribution in [3.8, 4) is 0 Å². The van der Waals surface area contributed by atoms with E-state index in [1.54, 1.807) is 6.33 Å². The summed E-state index contributed by atoms with van der Waals surface area (Å²) in [5, 5.41) is 10.7. The van der Waals surface area contributed by atoms with Crippen LogP contribution in [0.1, 0.15) is 31.5 Å². The number of hydrogen-bond donors (Lipinski definition) is 1. The van der Waals surface area contributed by atoms with Crippen molar-refractivity contribution in [1.29, 1.82) is 0 Å². The summed E-state index contributed by atoms with van der Waals surface area (Å²) in [5.41, 5.74) is 0. The minimum atomic E-state index is 0.0393. The second kappa shape index (κ2) is 5.19. The molecule has 2 amide bonds. The molecule has 1 aliphatic heterocycles. The van der Waals surface area contributed by atoms with Crippen molar-refractivity contribution in [3.63, 3.8) is 0 Å². The van der Waals surface area contributed by atoms with Crippen molar-refractivity contribution >= 4 is 6.03 Å². The maximum atomic E-state index is 12.2. The van der Waals surface area contributed by atoms with E-state index in [1.807, 2.05) is 16.5 Å². The summed E-state index contributed by atoms with van der Waals surface area (Å²) in [6, 6.07) is 0.0393. The Kier molecular flexibility index (Phi) is 3.40. The number of nitrogens with zero attached hydrogens (tertiary/aromatic N) is 4. The zero-order valence-corrected chi connectivity index (χ0v) is 11.4. The zero-order chi connectivity index (χ0) is 13.2. The molecule has 1 aliphatic carbocycles. The van der Waals surface area contributed by atoms with Gasteiger partial charge in [0, 0.05) is 20.1 Å². The van der Waals surface area contributed by atoms with Crippen LogP contribution in [-0.2, 0) is 13.6 Å². The Hall–Kier alpha value is -1.59. The first-order valence-corrected chi connectivity index (χ1v) is 7.09. The highest BCUT2D eigenvalue weighted by atomic mass is 16.2. The van der Waals surface area contributed by atoms with Gasteiger partial charge in [-0.15, -0.1) is 10.2 Å². The van der Waals surface area contributed by atoms with E-state index >= 15 is 0 Å². The molecule has 19 heavy (non-hydrogen) atoms. The monoisotopic (exact) mass is 263 g/mol. The van der Waals surface area contributed by atoms with Crippen LogP contribution in [0.4, 0.5) is 4.79 Å². The molecule has 0 bridgehead atoms. The molecule has 0 radical (unpaired) electrons. The minimum absolute atomic E-state index is 0.0393. The lowest BCUT2D eigenvalue weighted by molar-refractivity contribution is 0.205. The Morgan fingerprint density at radius 1 is 1.37 bits per heavy atom. The van der Waals surface area contributed by atoms with Crippen molar-refractivity contribution < 1.29 is 4.79 Å². The molecule has 2 fully saturated rings. The van der Waals surface area contributed by atoms with Gasteiger partial charge in [0.15, 0.2) is 5.82 Å². The standard InChI is InChI=1S/C13H21N5O/c1-17-9-15-16-12(17)6-14-13(19)18-7-10-4-2-3-5-11(10)8-18/h9-11H,2-8H2,1H3,(H,14,19)/t10-,11+. The fourth-order valence-electron chi connectivity index (χ4n) is 3.31. The number of carbonyl (C=O) groups is 1. The number of rotatable bonds is 2. The van der Waals surface area contributed by atoms with E-state index in [4.69, 9.17) is 0 Å². The van der Waals surface area contributed by atoms with Crippen molar-refractivity contribution in [2.45, 2.75) is 32.2 Å². The summed E-state index contributed by atoms with van der Waals surface area (Å²) >= 11 is 0. The molecule has 2 atom stereocenters. The normalized spacial score (nSPS) is 26.3. The van der Waals surface area contributed by atoms with Crippen LogP contribution in [0, 0.1) is 11.8 Å². The van der Waals surface area contributed by atoms with Crippen LogP contribution in [0.2, 0.25) is 0 Å². The lowest BCUT2D eigenvalue weighted by atomic mass is 9.82. The van der Waals surface area contributed by atoms with Gasteiger partial charge < -0.3 is 14.8 Å². The largest absolute Gasteiger partial charge is 0.331 e. The molecule has 0 aromatic carbocycles. The van der Waals surface area contributed by atoms with Gasteiger partial charge >= 0.3 is 6.03 Å². The number of amides is 2. The molecule has 1 saturated heterocycles. The number of fused-ring (bicyclic) bond motifs is 1. The summed E-state index contributed by atoms with van der Waals surface area (Å²) in [4.78, 5) is 14.1. The highest BCUT2D eigenvalue weighted by molar-refractivity contribution is 5.74. The van der Waals surface area contributed by atoms with E-state index in [0.29, 0.717) is 6.54 Å². The molecule has 1 saturated carbocycles. The summed E-state index contributed by atoms with van der Waals surface area (Å²) in [6.45, 7) is 2.30. The molecule has 2 aliphatic rings. The molecule has 0 spiro atoms. The van der Waals surface area contributed by atoms with Gasteiger partial charge in [0.2, 0.25) is 0 Å². The summed E-state index contributed by atoms with van der Waals surface area (Å²) in [5.74, 6) is 2.24. The maximum Gasteiger partial charge on any atom is 0.317 e. The molecule has 1 aromatic rings. The smallest absolute Gasteiger partial charge is 0.317 e. The van der Waals surface area contributed by atoms with Gasteiger partial charge in [0.25, 0.3) is 0 Å². The number of aryl methyl sites for hydroxylation is 1. The molecule has 6 nitrogen and oxygen atoms in total. The highest BCUT2D eigenvalue weighted by Gasteiger charge is 2.36. The van der Waals surface area contributed by atoms with Gasteiger partial charge in [0.1, 0.15) is 6.33 Å². The number of nitrogens with one attached hydrogen (secondary N) is 1. The summed E-state index contributed by atoms with van der Waals surface area (Å²) in [6.07, 6.45) is 6.88. The Morgan fingerprint density at radius 3 is 2.63 bits per heavy atom. The van der Waals surface area contributed by atoms with Gasteiger partial charge in [-0.2, -0.15) is 0 Å². The predicted octanol–water partition coefficient (Wildman–Crippen LogP) is 1.15. The summed E-state index contributed by atoms with van der Waals surface area (Å²) in [7, 11) is 1.88. The van der Waals surface area contributed by atoms with E-state index in [-0.39, 0.29) is 6.03 Å². The third-order valence-corrected chi connectivity index (χ3v) is 4.47. The van der Waals surface area contributed by atoms with Gasteiger partial charge in [-0.3, -0.25) is 0 Å². The third kappa shape index (κ3) is 2.57. The quantitative estimate of drug-likeness (QED) is 0.870. The van der Waals surface area contributed by atoms with Crippen LogP contribution in [0.25, 0.3) is 0 Å². The summed E-state index contributed by atoms with van der Waals surface area (Å²) < 4.78 is 1.82. The Labute approximate surface area is 113 Å². The number of hydrogen-bond acceptors (Lipinski definition) is 3. The van der Waals surface area contributed by atoms with Crippen molar-refractivity contribution in [3.05, 3.63) is 12.2 Å². The molecular formula is C13H21N5O. The van der Waals surface area contributed by atoms with Gasteiger partial charge in [-0.05, 0) is 24.7 Å². The molecule has 1 aromatic heterocycles. The molecule has 104 valence electrons. The number of urea groups is 1. The van der Waals surface area contributed by atoms with Crippen LogP contribution >= 0.6 is 0 Å². The zero-order valence-electron chi connectivity index (χ0n) is 11.4. The van der Waals surface area contributed by atoms with Gasteiger partial charge in [-0.1, -0.05) is 12.8 Å². The second-order valence-corrected chi connectivity index (χ2v) is 5.73. The molecule has 1 N–H and O–H groups in total. The maximum absolute atomic E-state index is 12.2. The van der Waals surface area contributed by atoms with Crippen molar-refractivity contribution in [1.82, 2.24) is 25.0 Å². The van der Waals surface area contributed by atoms with Crippen molar-refractivity contribution in [2.24, 2.45) is 18.9 Å². The Bertz CT molecular complexity index is 444. The lowest BCUT2D eigenvalue weighted by Crippen LogP contribution is -2.38. The first-order valence-electron chi connectivity index (χ1n) is 7.09. The Morgan fingerprint density at radius 2 is 2.05 bits per heavy atom. The van der Waals surface area contributed by atoms with E-state index in [1.165, 1.54) is 25.7 Å². The molecule has 0 unspecified atom stereocenters. The molecule has 3 rings (SSSR count). The predicted molar refractivity (Wildman–Crippen MR) is 70.3 cm³/mol. The topological polar surface area (TPSA) is 63.1 Å². The molecular weight excluding hydrogens is 242 g/mol. The van der Waals surface area contributed by atoms with Gasteiger partial charge in [0.05, 0.1) is 6.54 Å². The number of likely N-dealkylation sites (tertiary alicyclic amines) is 1. The third-order valence-electron chi connectivity index (χ3n) is 4.47. The van der Waals surface area contributed by atoms with E-state index in [0.717, 1.165) is 30.7 Å². The van der Waals surface area contributed by atoms with Gasteiger partial charge in [-0.25, -0.2) is 4.79 Å². The minimum Gasteiger partial charge on any atom is -0.331 e. The van der Waals surface area contributed by atoms with Crippen LogP contribution in [0.3, 0.4) is 0 Å². The van der Waals surface area contributed by atoms with E-state index < -0.39 is 0 Å². The first kappa shape index (κ1) is 12.4. The number of carbonyl (C=O) groups excluding carboxylic acids is 1. The van der Waals surface area contributed by atoms with Crippen LogP contribution in [-0.4, -0.2) is 38.8 Å². The number of aromatic nitrogens is 3. The Balaban J connectivity index is 1.52. The fourth-order valence-corrected chi connectivity index (χ4v) is 3.31. The molecule has 2 heterocycles. The van der Waals surface area contributed by atoms with Crippen LogP contribution in [0.15, 0.2) is 6.33 Å². The van der Waals surface area contributed by atoms with E-state index in [2.05, 4.69) is 15.5 Å². The fraction of sp³-hybridized carbons (Fsp3) is 0.769. The van der Waals surface area contributed by atoms with Crippen molar-refractivity contribution in [2.75, 3.05) is 13.1 Å². The second-order valence-electron chi connectivity index (χ2n) is 5.73. The average Bonchev–Trinajstić information content (AvgIpc) is 3.01. The van der Waals surface area contributed by atoms with Crippen LogP contribution < -0.4 is 5.32 Å². The average molecular weight is 263 g/mol. The molecule has 6 heteroatoms. The first-order chi connectivity index (χ1) is 9.24. The SMILES string of the molecule is Cn1cnnc1CNC(=O)N1C[C@H]2CCCC[C@H]2C1. The van der Waals surface area contributed by atoms with Crippen LogP contribution in [0.5, 0.6) is 0 Å².